The summed E-state index contributed by atoms with van der Waals surface area (Å²) in [7, 11) is 4.29. The van der Waals surface area contributed by atoms with Gasteiger partial charge in [0.1, 0.15) is 18.2 Å². The summed E-state index contributed by atoms with van der Waals surface area (Å²) >= 11 is 0. The van der Waals surface area contributed by atoms with Gasteiger partial charge < -0.3 is 8.98 Å². The molecule has 3 heterocycles. The van der Waals surface area contributed by atoms with Crippen LogP contribution in [0.1, 0.15) is 42.7 Å². The van der Waals surface area contributed by atoms with Crippen LogP contribution in [0.15, 0.2) is 47.1 Å². The molecule has 2 saturated carbocycles. The van der Waals surface area contributed by atoms with Gasteiger partial charge in [-0.2, -0.15) is 0 Å². The summed E-state index contributed by atoms with van der Waals surface area (Å²) in [5, 5.41) is 5.06. The lowest BCUT2D eigenvalue weighted by atomic mass is 9.82. The molecule has 0 N–H and O–H groups in total. The molecule has 7 rings (SSSR count). The molecular weight excluding hydrogens is 368 g/mol. The van der Waals surface area contributed by atoms with E-state index in [1.165, 1.54) is 69.4 Å². The predicted octanol–water partition coefficient (Wildman–Crippen LogP) is 6.27. The van der Waals surface area contributed by atoms with Gasteiger partial charge in [0.05, 0.1) is 16.3 Å². The average molecular weight is 396 g/mol. The lowest BCUT2D eigenvalue weighted by molar-refractivity contribution is -0.642. The zero-order chi connectivity index (χ0) is 20.1. The summed E-state index contributed by atoms with van der Waals surface area (Å²) in [5.74, 6) is 2.54. The molecule has 30 heavy (non-hydrogen) atoms. The highest BCUT2D eigenvalue weighted by Crippen LogP contribution is 2.53. The normalized spacial score (nSPS) is 23.6. The highest BCUT2D eigenvalue weighted by Gasteiger charge is 2.40. The number of hydrogen-bond donors (Lipinski definition) is 0. The van der Waals surface area contributed by atoms with Crippen LogP contribution < -0.4 is 4.57 Å². The van der Waals surface area contributed by atoms with Gasteiger partial charge in [0.15, 0.2) is 6.20 Å². The highest BCUT2D eigenvalue weighted by atomic mass is 16.3. The fraction of sp³-hybridized carbons (Fsp3) is 0.370. The largest absolute Gasteiger partial charge is 0.456 e. The maximum Gasteiger partial charge on any atom is 0.216 e. The van der Waals surface area contributed by atoms with Crippen molar-refractivity contribution in [2.45, 2.75) is 38.5 Å². The summed E-state index contributed by atoms with van der Waals surface area (Å²) in [4.78, 5) is 0. The van der Waals surface area contributed by atoms with Crippen LogP contribution in [0, 0.1) is 18.8 Å². The molecule has 3 atom stereocenters. The Morgan fingerprint density at radius 3 is 2.67 bits per heavy atom. The minimum absolute atomic E-state index is 0.713. The van der Waals surface area contributed by atoms with Crippen LogP contribution in [0.3, 0.4) is 0 Å². The molecule has 3 heteroatoms. The van der Waals surface area contributed by atoms with E-state index in [2.05, 4.69) is 72.9 Å². The maximum absolute atomic E-state index is 6.66. The Kier molecular flexibility index (Phi) is 3.19. The molecule has 0 saturated heterocycles. The minimum atomic E-state index is 0.713. The van der Waals surface area contributed by atoms with E-state index in [0.717, 1.165) is 23.0 Å². The third kappa shape index (κ3) is 2.08. The van der Waals surface area contributed by atoms with Crippen LogP contribution in [0.2, 0.25) is 0 Å². The molecule has 0 amide bonds. The van der Waals surface area contributed by atoms with Crippen molar-refractivity contribution in [3.63, 3.8) is 0 Å². The van der Waals surface area contributed by atoms with Crippen LogP contribution in [0.25, 0.3) is 43.7 Å². The molecule has 3 unspecified atom stereocenters. The predicted molar refractivity (Wildman–Crippen MR) is 122 cm³/mol. The van der Waals surface area contributed by atoms with Crippen molar-refractivity contribution < 1.29 is 8.98 Å². The van der Waals surface area contributed by atoms with Gasteiger partial charge in [0.25, 0.3) is 0 Å². The molecule has 2 aliphatic rings. The van der Waals surface area contributed by atoms with Crippen molar-refractivity contribution in [2.24, 2.45) is 25.9 Å². The zero-order valence-corrected chi connectivity index (χ0v) is 17.9. The van der Waals surface area contributed by atoms with Gasteiger partial charge in [-0.05, 0) is 73.1 Å². The number of aromatic nitrogens is 2. The second-order valence-corrected chi connectivity index (χ2v) is 9.88. The standard InChI is InChI=1S/C27H27N2O/c1-15-24-22(13-19-7-9-28(2)26(15)19)30-23-14-20(21-11-16-4-5-17(21)10-16)12-18-6-8-29(3)27(24)25(18)23/h6-9,12-14,16-17,21H,4-5,10-11H2,1-3H3/q+1. The number of rotatable bonds is 1. The smallest absolute Gasteiger partial charge is 0.216 e. The number of nitrogens with zero attached hydrogens (tertiary/aromatic N) is 2. The Balaban J connectivity index is 1.61. The monoisotopic (exact) mass is 395 g/mol. The van der Waals surface area contributed by atoms with E-state index < -0.39 is 0 Å². The third-order valence-corrected chi connectivity index (χ3v) is 8.21. The topological polar surface area (TPSA) is 21.9 Å². The van der Waals surface area contributed by atoms with Crippen LogP contribution in [-0.2, 0) is 14.1 Å². The fourth-order valence-corrected chi connectivity index (χ4v) is 6.89. The van der Waals surface area contributed by atoms with Gasteiger partial charge >= 0.3 is 0 Å². The summed E-state index contributed by atoms with van der Waals surface area (Å²) in [6.07, 6.45) is 10.0. The van der Waals surface area contributed by atoms with Crippen molar-refractivity contribution >= 4 is 43.7 Å². The van der Waals surface area contributed by atoms with Crippen molar-refractivity contribution in [1.82, 2.24) is 4.57 Å². The molecule has 3 aromatic heterocycles. The average Bonchev–Trinajstić information content (AvgIpc) is 3.46. The quantitative estimate of drug-likeness (QED) is 0.186. The minimum Gasteiger partial charge on any atom is -0.456 e. The number of aryl methyl sites for hydroxylation is 3. The number of benzene rings is 2. The van der Waals surface area contributed by atoms with Gasteiger partial charge in [-0.3, -0.25) is 0 Å². The van der Waals surface area contributed by atoms with Crippen LogP contribution >= 0.6 is 0 Å². The second-order valence-electron chi connectivity index (χ2n) is 9.88. The van der Waals surface area contributed by atoms with Crippen molar-refractivity contribution in [3.8, 4) is 0 Å². The zero-order valence-electron chi connectivity index (χ0n) is 17.9. The number of pyridine rings is 1. The van der Waals surface area contributed by atoms with Crippen molar-refractivity contribution in [3.05, 3.63) is 53.9 Å². The molecule has 0 spiro atoms. The molecule has 0 radical (unpaired) electrons. The number of hydrogen-bond acceptors (Lipinski definition) is 1. The van der Waals surface area contributed by atoms with E-state index in [0.29, 0.717) is 5.92 Å². The van der Waals surface area contributed by atoms with E-state index in [1.807, 2.05) is 0 Å². The Labute approximate surface area is 175 Å². The molecule has 2 bridgehead atoms. The van der Waals surface area contributed by atoms with E-state index in [-0.39, 0.29) is 0 Å². The first kappa shape index (κ1) is 16.9. The lowest BCUT2D eigenvalue weighted by Gasteiger charge is -2.23. The summed E-state index contributed by atoms with van der Waals surface area (Å²) in [6, 6.07) is 11.5. The maximum atomic E-state index is 6.66. The molecule has 2 aliphatic carbocycles. The van der Waals surface area contributed by atoms with E-state index >= 15 is 0 Å². The molecule has 0 aliphatic heterocycles. The van der Waals surface area contributed by atoms with Crippen LogP contribution in [0.5, 0.6) is 0 Å². The van der Waals surface area contributed by atoms with Gasteiger partial charge in [0.2, 0.25) is 5.52 Å². The number of fused-ring (bicyclic) bond motifs is 5. The highest BCUT2D eigenvalue weighted by molar-refractivity contribution is 6.19. The van der Waals surface area contributed by atoms with Crippen LogP contribution in [-0.4, -0.2) is 4.57 Å². The molecule has 3 nitrogen and oxygen atoms in total. The molecule has 150 valence electrons. The van der Waals surface area contributed by atoms with Crippen molar-refractivity contribution in [1.29, 1.82) is 0 Å². The molecule has 5 aromatic rings. The summed E-state index contributed by atoms with van der Waals surface area (Å²) in [6.45, 7) is 2.23. The van der Waals surface area contributed by atoms with Gasteiger partial charge in [-0.25, -0.2) is 4.57 Å². The van der Waals surface area contributed by atoms with Gasteiger partial charge in [-0.15, -0.1) is 0 Å². The third-order valence-electron chi connectivity index (χ3n) is 8.21. The van der Waals surface area contributed by atoms with Crippen LogP contribution in [0.4, 0.5) is 0 Å². The molecule has 2 fully saturated rings. The SMILES string of the molecule is Cc1c2c(cc3cc[n+](C)c13)oc1cc(C3CC4CCC3C4)cc3ccn(C)c2c31. The Bertz CT molecular complexity index is 1500. The Hall–Kier alpha value is -2.81. The van der Waals surface area contributed by atoms with Crippen molar-refractivity contribution in [2.75, 3.05) is 0 Å². The van der Waals surface area contributed by atoms with Gasteiger partial charge in [-0.1, -0.05) is 12.5 Å². The summed E-state index contributed by atoms with van der Waals surface area (Å²) in [5.41, 5.74) is 7.39. The summed E-state index contributed by atoms with van der Waals surface area (Å²) < 4.78 is 11.2. The van der Waals surface area contributed by atoms with Gasteiger partial charge in [0, 0.05) is 30.3 Å². The first-order chi connectivity index (χ1) is 14.6. The molecular formula is C27H27N2O+. The Morgan fingerprint density at radius 2 is 1.87 bits per heavy atom. The fourth-order valence-electron chi connectivity index (χ4n) is 6.89. The van der Waals surface area contributed by atoms with E-state index in [9.17, 15) is 0 Å². The van der Waals surface area contributed by atoms with E-state index in [4.69, 9.17) is 4.42 Å². The Morgan fingerprint density at radius 1 is 1.00 bits per heavy atom. The first-order valence-corrected chi connectivity index (χ1v) is 11.3. The first-order valence-electron chi connectivity index (χ1n) is 11.3. The van der Waals surface area contributed by atoms with E-state index in [1.54, 1.807) is 0 Å². The second kappa shape index (κ2) is 5.66. The molecule has 2 aromatic carbocycles. The lowest BCUT2D eigenvalue weighted by Crippen LogP contribution is -2.25.